The first-order chi connectivity index (χ1) is 17.0. The Morgan fingerprint density at radius 1 is 1.23 bits per heavy atom. The van der Waals surface area contributed by atoms with Crippen LogP contribution >= 0.6 is 11.3 Å². The van der Waals surface area contributed by atoms with Gasteiger partial charge in [0.2, 0.25) is 5.95 Å². The molecule has 0 aliphatic carbocycles. The number of carbonyl (C=O) groups excluding carboxylic acids is 2. The van der Waals surface area contributed by atoms with E-state index in [1.165, 1.54) is 0 Å². The number of carbonyl (C=O) groups is 2. The van der Waals surface area contributed by atoms with Crippen LogP contribution in [0.15, 0.2) is 35.1 Å². The zero-order chi connectivity index (χ0) is 24.8. The van der Waals surface area contributed by atoms with E-state index in [0.717, 1.165) is 49.3 Å². The SMILES string of the molecule is CCOC(=O)CCNC(=O)c1cc2nc(N3CCCCC3)n(Cc3ccccc3C#N)c(=O)c2s1. The van der Waals surface area contributed by atoms with Gasteiger partial charge in [0.1, 0.15) is 4.70 Å². The highest BCUT2D eigenvalue weighted by Crippen LogP contribution is 2.26. The van der Waals surface area contributed by atoms with Gasteiger partial charge >= 0.3 is 5.97 Å². The molecule has 0 saturated carbocycles. The molecule has 1 N–H and O–H groups in total. The molecule has 2 aromatic heterocycles. The second-order valence-corrected chi connectivity index (χ2v) is 9.31. The molecule has 182 valence electrons. The summed E-state index contributed by atoms with van der Waals surface area (Å²) in [4.78, 5) is 45.1. The van der Waals surface area contributed by atoms with Crippen LogP contribution in [0.25, 0.3) is 10.2 Å². The summed E-state index contributed by atoms with van der Waals surface area (Å²) in [5, 5.41) is 12.2. The van der Waals surface area contributed by atoms with Crippen LogP contribution in [0.3, 0.4) is 0 Å². The number of nitrogens with one attached hydrogen (secondary N) is 1. The molecule has 10 heteroatoms. The van der Waals surface area contributed by atoms with Gasteiger partial charge in [-0.1, -0.05) is 18.2 Å². The number of anilines is 1. The minimum absolute atomic E-state index is 0.0763. The zero-order valence-electron chi connectivity index (χ0n) is 19.6. The highest BCUT2D eigenvalue weighted by Gasteiger charge is 2.22. The number of nitriles is 1. The Bertz CT molecular complexity index is 1330. The highest BCUT2D eigenvalue weighted by molar-refractivity contribution is 7.20. The Labute approximate surface area is 206 Å². The number of piperidine rings is 1. The van der Waals surface area contributed by atoms with E-state index < -0.39 is 0 Å². The number of nitrogens with zero attached hydrogens (tertiary/aromatic N) is 4. The van der Waals surface area contributed by atoms with E-state index >= 15 is 0 Å². The fourth-order valence-electron chi connectivity index (χ4n) is 4.12. The van der Waals surface area contributed by atoms with Crippen molar-refractivity contribution in [1.29, 1.82) is 5.26 Å². The number of esters is 1. The molecule has 1 aliphatic heterocycles. The summed E-state index contributed by atoms with van der Waals surface area (Å²) in [6.07, 6.45) is 3.24. The summed E-state index contributed by atoms with van der Waals surface area (Å²) in [6.45, 7) is 3.97. The van der Waals surface area contributed by atoms with E-state index in [-0.39, 0.29) is 36.9 Å². The van der Waals surface area contributed by atoms with E-state index in [2.05, 4.69) is 16.3 Å². The minimum atomic E-state index is -0.377. The first-order valence-electron chi connectivity index (χ1n) is 11.7. The molecular weight excluding hydrogens is 466 g/mol. The van der Waals surface area contributed by atoms with Crippen molar-refractivity contribution in [2.45, 2.75) is 39.2 Å². The molecule has 35 heavy (non-hydrogen) atoms. The van der Waals surface area contributed by atoms with Crippen LogP contribution in [-0.2, 0) is 16.1 Å². The summed E-state index contributed by atoms with van der Waals surface area (Å²) < 4.78 is 6.87. The second kappa shape index (κ2) is 11.1. The first-order valence-corrected chi connectivity index (χ1v) is 12.5. The molecule has 0 spiro atoms. The zero-order valence-corrected chi connectivity index (χ0v) is 20.4. The van der Waals surface area contributed by atoms with Gasteiger partial charge in [-0.3, -0.25) is 19.0 Å². The Morgan fingerprint density at radius 2 is 2.00 bits per heavy atom. The number of fused-ring (bicyclic) bond motifs is 1. The number of ether oxygens (including phenoxy) is 1. The molecule has 1 aliphatic rings. The summed E-state index contributed by atoms with van der Waals surface area (Å²) in [5.41, 5.74) is 1.49. The molecule has 1 fully saturated rings. The molecule has 0 radical (unpaired) electrons. The van der Waals surface area contributed by atoms with Gasteiger partial charge in [0, 0.05) is 19.6 Å². The predicted molar refractivity (Wildman–Crippen MR) is 134 cm³/mol. The molecule has 3 aromatic rings. The highest BCUT2D eigenvalue weighted by atomic mass is 32.1. The number of rotatable bonds is 8. The van der Waals surface area contributed by atoms with Gasteiger partial charge in [-0.25, -0.2) is 4.98 Å². The lowest BCUT2D eigenvalue weighted by Crippen LogP contribution is -2.36. The van der Waals surface area contributed by atoms with Crippen molar-refractivity contribution in [3.05, 3.63) is 56.7 Å². The molecule has 9 nitrogen and oxygen atoms in total. The molecule has 0 unspecified atom stereocenters. The number of aromatic nitrogens is 2. The number of hydrogen-bond donors (Lipinski definition) is 1. The van der Waals surface area contributed by atoms with E-state index in [1.807, 2.05) is 12.1 Å². The van der Waals surface area contributed by atoms with Gasteiger partial charge in [-0.2, -0.15) is 5.26 Å². The number of thiophene rings is 1. The molecule has 3 heterocycles. The first kappa shape index (κ1) is 24.4. The van der Waals surface area contributed by atoms with Gasteiger partial charge < -0.3 is 15.0 Å². The summed E-state index contributed by atoms with van der Waals surface area (Å²) in [6, 6.07) is 11.0. The smallest absolute Gasteiger partial charge is 0.307 e. The molecule has 0 atom stereocenters. The van der Waals surface area contributed by atoms with Gasteiger partial charge in [-0.05, 0) is 43.9 Å². The Morgan fingerprint density at radius 3 is 2.74 bits per heavy atom. The maximum absolute atomic E-state index is 13.6. The van der Waals surface area contributed by atoms with Crippen molar-refractivity contribution in [2.24, 2.45) is 0 Å². The van der Waals surface area contributed by atoms with Crippen LogP contribution in [0.4, 0.5) is 5.95 Å². The third-order valence-corrected chi connectivity index (χ3v) is 6.97. The lowest BCUT2D eigenvalue weighted by atomic mass is 10.1. The summed E-state index contributed by atoms with van der Waals surface area (Å²) >= 11 is 1.08. The van der Waals surface area contributed by atoms with E-state index in [0.29, 0.717) is 33.2 Å². The summed E-state index contributed by atoms with van der Waals surface area (Å²) in [5.74, 6) is -0.183. The fraction of sp³-hybridized carbons (Fsp3) is 0.400. The average molecular weight is 494 g/mol. The van der Waals surface area contributed by atoms with Crippen molar-refractivity contribution < 1.29 is 14.3 Å². The van der Waals surface area contributed by atoms with Crippen molar-refractivity contribution in [3.63, 3.8) is 0 Å². The minimum Gasteiger partial charge on any atom is -0.466 e. The predicted octanol–water partition coefficient (Wildman–Crippen LogP) is 3.05. The molecular formula is C25H27N5O4S. The Balaban J connectivity index is 1.68. The third kappa shape index (κ3) is 5.52. The lowest BCUT2D eigenvalue weighted by Gasteiger charge is -2.29. The van der Waals surface area contributed by atoms with Crippen LogP contribution < -0.4 is 15.8 Å². The van der Waals surface area contributed by atoms with Gasteiger partial charge in [-0.15, -0.1) is 11.3 Å². The molecule has 1 aromatic carbocycles. The average Bonchev–Trinajstić information content (AvgIpc) is 3.31. The monoisotopic (exact) mass is 493 g/mol. The van der Waals surface area contributed by atoms with Crippen molar-refractivity contribution in [1.82, 2.24) is 14.9 Å². The lowest BCUT2D eigenvalue weighted by molar-refractivity contribution is -0.142. The van der Waals surface area contributed by atoms with Gasteiger partial charge in [0.05, 0.1) is 41.6 Å². The normalized spacial score (nSPS) is 13.4. The number of benzene rings is 1. The molecule has 0 bridgehead atoms. The Kier molecular flexibility index (Phi) is 7.77. The van der Waals surface area contributed by atoms with Crippen molar-refractivity contribution >= 4 is 39.4 Å². The fourth-order valence-corrected chi connectivity index (χ4v) is 5.09. The van der Waals surface area contributed by atoms with Gasteiger partial charge in [0.25, 0.3) is 11.5 Å². The summed E-state index contributed by atoms with van der Waals surface area (Å²) in [7, 11) is 0. The quantitative estimate of drug-likeness (QED) is 0.479. The van der Waals surface area contributed by atoms with E-state index in [4.69, 9.17) is 9.72 Å². The van der Waals surface area contributed by atoms with Crippen LogP contribution in [0.1, 0.15) is 53.4 Å². The van der Waals surface area contributed by atoms with Crippen LogP contribution in [-0.4, -0.2) is 47.7 Å². The van der Waals surface area contributed by atoms with E-state index in [9.17, 15) is 19.6 Å². The molecule has 4 rings (SSSR count). The van der Waals surface area contributed by atoms with Crippen LogP contribution in [0.5, 0.6) is 0 Å². The molecule has 1 amide bonds. The maximum atomic E-state index is 13.6. The van der Waals surface area contributed by atoms with Gasteiger partial charge in [0.15, 0.2) is 0 Å². The molecule has 1 saturated heterocycles. The topological polar surface area (TPSA) is 117 Å². The maximum Gasteiger partial charge on any atom is 0.307 e. The second-order valence-electron chi connectivity index (χ2n) is 8.26. The van der Waals surface area contributed by atoms with Crippen molar-refractivity contribution in [2.75, 3.05) is 31.1 Å². The van der Waals surface area contributed by atoms with Crippen LogP contribution in [0, 0.1) is 11.3 Å². The standard InChI is InChI=1S/C25H27N5O4S/c1-2-34-21(31)10-11-27-23(32)20-14-19-22(35-20)24(33)30(16-18-9-5-4-8-17(18)15-26)25(28-19)29-12-6-3-7-13-29/h4-5,8-9,14H,2-3,6-7,10-13,16H2,1H3,(H,27,32). The largest absolute Gasteiger partial charge is 0.466 e. The van der Waals surface area contributed by atoms with Crippen LogP contribution in [0.2, 0.25) is 0 Å². The van der Waals surface area contributed by atoms with Crippen molar-refractivity contribution in [3.8, 4) is 6.07 Å². The third-order valence-electron chi connectivity index (χ3n) is 5.86. The number of amides is 1. The number of hydrogen-bond acceptors (Lipinski definition) is 8. The van der Waals surface area contributed by atoms with E-state index in [1.54, 1.807) is 29.7 Å². The Hall–Kier alpha value is -3.71.